The van der Waals surface area contributed by atoms with E-state index >= 15 is 0 Å². The van der Waals surface area contributed by atoms with E-state index in [1.165, 1.54) is 12.1 Å². The molecule has 1 unspecified atom stereocenters. The van der Waals surface area contributed by atoms with Crippen LogP contribution in [0.5, 0.6) is 0 Å². The molecule has 23 heavy (non-hydrogen) atoms. The molecule has 8 nitrogen and oxygen atoms in total. The number of hydrogen-bond acceptors (Lipinski definition) is 5. The summed E-state index contributed by atoms with van der Waals surface area (Å²) in [6.45, 7) is 2.90. The number of nitro groups is 1. The number of rotatable bonds is 11. The van der Waals surface area contributed by atoms with Crippen LogP contribution in [0, 0.1) is 10.1 Å². The zero-order chi connectivity index (χ0) is 16.9. The first-order valence-electron chi connectivity index (χ1n) is 7.55. The largest absolute Gasteiger partial charge is 0.433 e. The summed E-state index contributed by atoms with van der Waals surface area (Å²) in [7, 11) is -3.27. The average Bonchev–Trinajstić information content (AvgIpc) is 3.17. The molecule has 1 aliphatic carbocycles. The fourth-order valence-corrected chi connectivity index (χ4v) is 4.64. The summed E-state index contributed by atoms with van der Waals surface area (Å²) in [6.07, 6.45) is 2.73. The maximum atomic E-state index is 13.2. The minimum absolute atomic E-state index is 0.104. The topological polar surface area (TPSA) is 97.9 Å². The quantitative estimate of drug-likeness (QED) is 0.277. The van der Waals surface area contributed by atoms with Crippen LogP contribution in [-0.2, 0) is 15.7 Å². The first-order valence-corrected chi connectivity index (χ1v) is 9.66. The SMILES string of the molecule is CCCN(CCCl)P(=O)(NC1CC1)OCc1ccc([N+](=O)[O-])o1. The Morgan fingerprint density at radius 3 is 2.78 bits per heavy atom. The van der Waals surface area contributed by atoms with Crippen LogP contribution in [0.25, 0.3) is 0 Å². The third-order valence-corrected chi connectivity index (χ3v) is 5.81. The second-order valence-electron chi connectivity index (χ2n) is 5.34. The Labute approximate surface area is 139 Å². The summed E-state index contributed by atoms with van der Waals surface area (Å²) < 4.78 is 25.6. The maximum absolute atomic E-state index is 13.2. The average molecular weight is 366 g/mol. The summed E-state index contributed by atoms with van der Waals surface area (Å²) in [6, 6.07) is 2.88. The van der Waals surface area contributed by atoms with E-state index in [-0.39, 0.29) is 24.3 Å². The smallest absolute Gasteiger partial charge is 0.403 e. The Morgan fingerprint density at radius 1 is 1.52 bits per heavy atom. The highest BCUT2D eigenvalue weighted by atomic mass is 35.5. The molecule has 0 aliphatic heterocycles. The van der Waals surface area contributed by atoms with Crippen molar-refractivity contribution < 1.29 is 18.4 Å². The van der Waals surface area contributed by atoms with E-state index in [2.05, 4.69) is 5.09 Å². The zero-order valence-electron chi connectivity index (χ0n) is 12.9. The summed E-state index contributed by atoms with van der Waals surface area (Å²) >= 11 is 5.81. The molecule has 2 rings (SSSR count). The number of halogens is 1. The Kier molecular flexibility index (Phi) is 6.61. The zero-order valence-corrected chi connectivity index (χ0v) is 14.6. The van der Waals surface area contributed by atoms with Crippen molar-refractivity contribution in [3.05, 3.63) is 28.0 Å². The van der Waals surface area contributed by atoms with Crippen molar-refractivity contribution in [2.24, 2.45) is 0 Å². The van der Waals surface area contributed by atoms with Gasteiger partial charge in [-0.1, -0.05) is 6.92 Å². The molecule has 0 spiro atoms. The lowest BCUT2D eigenvalue weighted by Crippen LogP contribution is -2.32. The number of nitrogens with one attached hydrogen (secondary N) is 1. The molecule has 1 aromatic heterocycles. The van der Waals surface area contributed by atoms with Crippen LogP contribution in [0.1, 0.15) is 31.9 Å². The van der Waals surface area contributed by atoms with Gasteiger partial charge < -0.3 is 4.42 Å². The molecular formula is C13H21ClN3O5P. The predicted octanol–water partition coefficient (Wildman–Crippen LogP) is 3.52. The normalized spacial score (nSPS) is 17.3. The van der Waals surface area contributed by atoms with Crippen LogP contribution >= 0.6 is 19.3 Å². The number of furan rings is 1. The molecule has 1 fully saturated rings. The molecule has 1 heterocycles. The molecule has 0 radical (unpaired) electrons. The van der Waals surface area contributed by atoms with Crippen molar-refractivity contribution in [1.82, 2.24) is 9.76 Å². The molecule has 0 bridgehead atoms. The van der Waals surface area contributed by atoms with E-state index in [0.29, 0.717) is 19.0 Å². The molecule has 1 saturated carbocycles. The Morgan fingerprint density at radius 2 is 2.26 bits per heavy atom. The lowest BCUT2D eigenvalue weighted by Gasteiger charge is -2.30. The highest BCUT2D eigenvalue weighted by Crippen LogP contribution is 2.50. The fourth-order valence-electron chi connectivity index (χ4n) is 2.07. The van der Waals surface area contributed by atoms with Gasteiger partial charge in [0.2, 0.25) is 0 Å². The minimum Gasteiger partial charge on any atom is -0.403 e. The molecule has 1 N–H and O–H groups in total. The Hall–Kier alpha value is -0.920. The molecule has 1 aliphatic rings. The third kappa shape index (κ3) is 5.29. The molecule has 0 aromatic carbocycles. The van der Waals surface area contributed by atoms with E-state index in [1.807, 2.05) is 6.92 Å². The van der Waals surface area contributed by atoms with Gasteiger partial charge in [-0.15, -0.1) is 11.6 Å². The number of alkyl halides is 1. The number of hydrogen-bond donors (Lipinski definition) is 1. The Balaban J connectivity index is 2.06. The lowest BCUT2D eigenvalue weighted by atomic mass is 10.5. The summed E-state index contributed by atoms with van der Waals surface area (Å²) in [5, 5.41) is 13.7. The van der Waals surface area contributed by atoms with Crippen LogP contribution in [0.2, 0.25) is 0 Å². The van der Waals surface area contributed by atoms with Gasteiger partial charge in [0.15, 0.2) is 0 Å². The third-order valence-electron chi connectivity index (χ3n) is 3.33. The van der Waals surface area contributed by atoms with Crippen molar-refractivity contribution >= 4 is 25.2 Å². The summed E-state index contributed by atoms with van der Waals surface area (Å²) in [4.78, 5) is 10.0. The van der Waals surface area contributed by atoms with Gasteiger partial charge >= 0.3 is 13.6 Å². The summed E-state index contributed by atoms with van der Waals surface area (Å²) in [5.74, 6) is 0.239. The van der Waals surface area contributed by atoms with Crippen LogP contribution < -0.4 is 5.09 Å². The van der Waals surface area contributed by atoms with Crippen molar-refractivity contribution in [3.8, 4) is 0 Å². The van der Waals surface area contributed by atoms with E-state index in [4.69, 9.17) is 20.5 Å². The van der Waals surface area contributed by atoms with Crippen molar-refractivity contribution in [1.29, 1.82) is 0 Å². The fraction of sp³-hybridized carbons (Fsp3) is 0.692. The van der Waals surface area contributed by atoms with Gasteiger partial charge in [0, 0.05) is 25.0 Å². The molecule has 0 saturated heterocycles. The highest BCUT2D eigenvalue weighted by Gasteiger charge is 2.37. The van der Waals surface area contributed by atoms with E-state index in [1.54, 1.807) is 4.67 Å². The van der Waals surface area contributed by atoms with Crippen molar-refractivity contribution in [2.75, 3.05) is 19.0 Å². The van der Waals surface area contributed by atoms with Gasteiger partial charge in [0.1, 0.15) is 17.3 Å². The molecular weight excluding hydrogens is 345 g/mol. The van der Waals surface area contributed by atoms with Gasteiger partial charge in [0.05, 0.1) is 6.07 Å². The molecule has 0 amide bonds. The first kappa shape index (κ1) is 18.4. The van der Waals surface area contributed by atoms with Crippen LogP contribution in [0.15, 0.2) is 16.5 Å². The molecule has 1 atom stereocenters. The van der Waals surface area contributed by atoms with Crippen LogP contribution in [0.4, 0.5) is 5.88 Å². The minimum atomic E-state index is -3.27. The standard InChI is InChI=1S/C13H21ClN3O5P/c1-2-8-16(9-7-14)23(20,15-11-3-4-11)21-10-12-5-6-13(22-12)17(18)19/h5-6,11H,2-4,7-10H2,1H3,(H,15,20). The number of nitrogens with zero attached hydrogens (tertiary/aromatic N) is 2. The van der Waals surface area contributed by atoms with E-state index in [0.717, 1.165) is 19.3 Å². The van der Waals surface area contributed by atoms with Gasteiger partial charge in [-0.3, -0.25) is 19.2 Å². The monoisotopic (exact) mass is 365 g/mol. The maximum Gasteiger partial charge on any atom is 0.433 e. The lowest BCUT2D eigenvalue weighted by molar-refractivity contribution is -0.402. The molecule has 10 heteroatoms. The van der Waals surface area contributed by atoms with Gasteiger partial charge in [-0.05, 0) is 25.3 Å². The summed E-state index contributed by atoms with van der Waals surface area (Å²) in [5.41, 5.74) is 0. The van der Waals surface area contributed by atoms with E-state index in [9.17, 15) is 14.7 Å². The predicted molar refractivity (Wildman–Crippen MR) is 86.5 cm³/mol. The second-order valence-corrected chi connectivity index (χ2v) is 7.84. The van der Waals surface area contributed by atoms with Crippen LogP contribution in [-0.4, -0.2) is 34.6 Å². The first-order chi connectivity index (χ1) is 11.0. The molecule has 130 valence electrons. The van der Waals surface area contributed by atoms with Crippen LogP contribution in [0.3, 0.4) is 0 Å². The Bertz CT molecular complexity index is 572. The van der Waals surface area contributed by atoms with Crippen molar-refractivity contribution in [2.45, 2.75) is 38.8 Å². The van der Waals surface area contributed by atoms with Gasteiger partial charge in [-0.25, -0.2) is 9.76 Å². The molecule has 1 aromatic rings. The van der Waals surface area contributed by atoms with E-state index < -0.39 is 12.6 Å². The van der Waals surface area contributed by atoms with Crippen molar-refractivity contribution in [3.63, 3.8) is 0 Å². The van der Waals surface area contributed by atoms with Gasteiger partial charge in [-0.2, -0.15) is 0 Å². The second kappa shape index (κ2) is 8.26. The van der Waals surface area contributed by atoms with Gasteiger partial charge in [0.25, 0.3) is 0 Å². The highest BCUT2D eigenvalue weighted by molar-refractivity contribution is 7.54.